The van der Waals surface area contributed by atoms with Gasteiger partial charge in [-0.05, 0) is 65.9 Å². The second kappa shape index (κ2) is 13.2. The largest absolute Gasteiger partial charge is 0.497 e. The van der Waals surface area contributed by atoms with Gasteiger partial charge in [-0.25, -0.2) is 8.42 Å². The zero-order chi connectivity index (χ0) is 27.8. The Morgan fingerprint density at radius 3 is 2.41 bits per heavy atom. The summed E-state index contributed by atoms with van der Waals surface area (Å²) in [6.45, 7) is 5.05. The van der Waals surface area contributed by atoms with Crippen LogP contribution in [0, 0.1) is 13.8 Å². The summed E-state index contributed by atoms with van der Waals surface area (Å²) >= 11 is 0. The fourth-order valence-corrected chi connectivity index (χ4v) is 6.67. The van der Waals surface area contributed by atoms with Crippen LogP contribution >= 0.6 is 0 Å². The monoisotopic (exact) mass is 553 g/mol. The number of aromatic nitrogens is 1. The third-order valence-electron chi connectivity index (χ3n) is 6.65. The Hall–Kier alpha value is -3.31. The number of morpholine rings is 1. The maximum Gasteiger partial charge on any atom is 0.244 e. The fraction of sp³-hybridized carbons (Fsp3) is 0.379. The quantitative estimate of drug-likeness (QED) is 0.362. The third kappa shape index (κ3) is 7.21. The van der Waals surface area contributed by atoms with E-state index in [1.165, 1.54) is 4.31 Å². The van der Waals surface area contributed by atoms with E-state index in [2.05, 4.69) is 10.3 Å². The van der Waals surface area contributed by atoms with E-state index in [9.17, 15) is 13.2 Å². The molecule has 3 aromatic rings. The molecule has 1 atom stereocenters. The number of pyridine rings is 1. The molecule has 1 saturated heterocycles. The minimum absolute atomic E-state index is 0.136. The molecule has 10 heteroatoms. The first kappa shape index (κ1) is 28.7. The number of hydrogen-bond acceptors (Lipinski definition) is 7. The number of carbonyl (C=O) groups is 1. The van der Waals surface area contributed by atoms with Crippen molar-refractivity contribution in [1.29, 1.82) is 0 Å². The summed E-state index contributed by atoms with van der Waals surface area (Å²) in [5.41, 5.74) is 4.41. The average molecular weight is 554 g/mol. The van der Waals surface area contributed by atoms with Crippen LogP contribution in [0.15, 0.2) is 65.8 Å². The Morgan fingerprint density at radius 2 is 1.74 bits per heavy atom. The van der Waals surface area contributed by atoms with Crippen molar-refractivity contribution in [2.75, 3.05) is 40.1 Å². The normalized spacial score (nSPS) is 16.1. The summed E-state index contributed by atoms with van der Waals surface area (Å²) in [5, 5.41) is 2.90. The maximum absolute atomic E-state index is 13.6. The van der Waals surface area contributed by atoms with Gasteiger partial charge in [0.1, 0.15) is 5.75 Å². The first-order chi connectivity index (χ1) is 18.8. The van der Waals surface area contributed by atoms with Gasteiger partial charge in [-0.3, -0.25) is 9.78 Å². The number of rotatable bonds is 11. The van der Waals surface area contributed by atoms with Crippen molar-refractivity contribution in [3.05, 3.63) is 77.6 Å². The van der Waals surface area contributed by atoms with Crippen LogP contribution in [0.25, 0.3) is 11.1 Å². The van der Waals surface area contributed by atoms with Gasteiger partial charge in [0.25, 0.3) is 0 Å². The van der Waals surface area contributed by atoms with E-state index < -0.39 is 16.1 Å². The van der Waals surface area contributed by atoms with Crippen LogP contribution in [0.2, 0.25) is 0 Å². The molecule has 0 radical (unpaired) electrons. The Balaban J connectivity index is 1.26. The molecule has 1 aliphatic heterocycles. The molecule has 1 N–H and O–H groups in total. The standard InChI is InChI=1S/C29H35N3O6S/c1-21-16-27(36-3)17-22(2)29(21)39(34,35)32-13-15-38-20-26(32)19-37-14-10-28(33)31-18-23-4-6-24(7-5-23)25-8-11-30-12-9-25/h4-9,11-12,16-17,26H,10,13-15,18-20H2,1-3H3,(H,31,33)/t26-/m0/s1. The van der Waals surface area contributed by atoms with Gasteiger partial charge in [0, 0.05) is 31.9 Å². The zero-order valence-corrected chi connectivity index (χ0v) is 23.4. The Kier molecular flexibility index (Phi) is 9.68. The predicted octanol–water partition coefficient (Wildman–Crippen LogP) is 3.49. The van der Waals surface area contributed by atoms with Gasteiger partial charge in [-0.15, -0.1) is 0 Å². The molecular formula is C29H35N3O6S. The van der Waals surface area contributed by atoms with Crippen LogP contribution in [-0.2, 0) is 30.8 Å². The Bertz CT molecular complexity index is 1340. The van der Waals surface area contributed by atoms with Crippen molar-refractivity contribution in [3.8, 4) is 16.9 Å². The number of nitrogens with zero attached hydrogens (tertiary/aromatic N) is 2. The summed E-state index contributed by atoms with van der Waals surface area (Å²) < 4.78 is 45.2. The minimum Gasteiger partial charge on any atom is -0.497 e. The van der Waals surface area contributed by atoms with Gasteiger partial charge < -0.3 is 19.5 Å². The third-order valence-corrected chi connectivity index (χ3v) is 8.91. The molecule has 1 aliphatic rings. The van der Waals surface area contributed by atoms with E-state index in [4.69, 9.17) is 14.2 Å². The van der Waals surface area contributed by atoms with Crippen molar-refractivity contribution in [3.63, 3.8) is 0 Å². The number of methoxy groups -OCH3 is 1. The summed E-state index contributed by atoms with van der Waals surface area (Å²) in [4.78, 5) is 16.7. The number of benzene rings is 2. The van der Waals surface area contributed by atoms with E-state index in [-0.39, 0.29) is 43.6 Å². The lowest BCUT2D eigenvalue weighted by Gasteiger charge is -2.35. The summed E-state index contributed by atoms with van der Waals surface area (Å²) in [7, 11) is -2.22. The zero-order valence-electron chi connectivity index (χ0n) is 22.6. The molecule has 39 heavy (non-hydrogen) atoms. The van der Waals surface area contributed by atoms with Crippen molar-refractivity contribution in [1.82, 2.24) is 14.6 Å². The highest BCUT2D eigenvalue weighted by atomic mass is 32.2. The number of nitrogens with one attached hydrogen (secondary N) is 1. The Morgan fingerprint density at radius 1 is 1.08 bits per heavy atom. The van der Waals surface area contributed by atoms with E-state index in [1.54, 1.807) is 45.5 Å². The van der Waals surface area contributed by atoms with E-state index in [0.717, 1.165) is 16.7 Å². The lowest BCUT2D eigenvalue weighted by atomic mass is 10.1. The molecule has 0 aliphatic carbocycles. The molecule has 1 aromatic heterocycles. The molecule has 0 saturated carbocycles. The SMILES string of the molecule is COc1cc(C)c(S(=O)(=O)N2CCOC[C@@H]2COCCC(=O)NCc2ccc(-c3ccncc3)cc2)c(C)c1. The lowest BCUT2D eigenvalue weighted by molar-refractivity contribution is -0.122. The first-order valence-corrected chi connectivity index (χ1v) is 14.3. The topological polar surface area (TPSA) is 107 Å². The van der Waals surface area contributed by atoms with Crippen molar-refractivity contribution < 1.29 is 27.4 Å². The van der Waals surface area contributed by atoms with Crippen molar-refractivity contribution >= 4 is 15.9 Å². The highest BCUT2D eigenvalue weighted by Gasteiger charge is 2.36. The second-order valence-corrected chi connectivity index (χ2v) is 11.3. The second-order valence-electron chi connectivity index (χ2n) is 9.47. The van der Waals surface area contributed by atoms with Crippen LogP contribution in [0.3, 0.4) is 0 Å². The van der Waals surface area contributed by atoms with Crippen LogP contribution < -0.4 is 10.1 Å². The maximum atomic E-state index is 13.6. The van der Waals surface area contributed by atoms with Crippen LogP contribution in [-0.4, -0.2) is 69.7 Å². The molecule has 1 amide bonds. The minimum atomic E-state index is -3.78. The molecule has 208 valence electrons. The van der Waals surface area contributed by atoms with Gasteiger partial charge in [0.15, 0.2) is 0 Å². The molecule has 9 nitrogen and oxygen atoms in total. The van der Waals surface area contributed by atoms with E-state index >= 15 is 0 Å². The number of hydrogen-bond donors (Lipinski definition) is 1. The molecule has 0 spiro atoms. The van der Waals surface area contributed by atoms with Crippen molar-refractivity contribution in [2.24, 2.45) is 0 Å². The molecule has 0 bridgehead atoms. The van der Waals surface area contributed by atoms with Gasteiger partial charge in [0.05, 0.1) is 44.5 Å². The summed E-state index contributed by atoms with van der Waals surface area (Å²) in [6, 6.07) is 14.9. The smallest absolute Gasteiger partial charge is 0.244 e. The van der Waals surface area contributed by atoms with Gasteiger partial charge in [-0.2, -0.15) is 4.31 Å². The van der Waals surface area contributed by atoms with Crippen LogP contribution in [0.4, 0.5) is 0 Å². The first-order valence-electron chi connectivity index (χ1n) is 12.9. The molecule has 0 unspecified atom stereocenters. The molecular weight excluding hydrogens is 518 g/mol. The predicted molar refractivity (Wildman–Crippen MR) is 148 cm³/mol. The highest BCUT2D eigenvalue weighted by Crippen LogP contribution is 2.30. The number of ether oxygens (including phenoxy) is 3. The molecule has 4 rings (SSSR count). The van der Waals surface area contributed by atoms with E-state index in [1.807, 2.05) is 36.4 Å². The number of aryl methyl sites for hydroxylation is 2. The molecule has 1 fully saturated rings. The number of carbonyl (C=O) groups excluding carboxylic acids is 1. The fourth-order valence-electron chi connectivity index (χ4n) is 4.67. The summed E-state index contributed by atoms with van der Waals surface area (Å²) in [5.74, 6) is 0.480. The molecule has 2 aromatic carbocycles. The number of sulfonamides is 1. The summed E-state index contributed by atoms with van der Waals surface area (Å²) in [6.07, 6.45) is 3.68. The van der Waals surface area contributed by atoms with Crippen LogP contribution in [0.1, 0.15) is 23.1 Å². The van der Waals surface area contributed by atoms with Gasteiger partial charge >= 0.3 is 0 Å². The Labute approximate surface area is 230 Å². The molecule has 2 heterocycles. The van der Waals surface area contributed by atoms with Gasteiger partial charge in [0.2, 0.25) is 15.9 Å². The lowest BCUT2D eigenvalue weighted by Crippen LogP contribution is -2.51. The number of amides is 1. The van der Waals surface area contributed by atoms with Crippen LogP contribution in [0.5, 0.6) is 5.75 Å². The highest BCUT2D eigenvalue weighted by molar-refractivity contribution is 7.89. The average Bonchev–Trinajstić information content (AvgIpc) is 2.94. The van der Waals surface area contributed by atoms with Crippen molar-refractivity contribution in [2.45, 2.75) is 37.8 Å². The van der Waals surface area contributed by atoms with E-state index in [0.29, 0.717) is 30.0 Å². The van der Waals surface area contributed by atoms with Gasteiger partial charge in [-0.1, -0.05) is 24.3 Å².